The molecule has 0 saturated carbocycles. The molecule has 39 heavy (non-hydrogen) atoms. The minimum atomic E-state index is -0.192. The van der Waals surface area contributed by atoms with Gasteiger partial charge in [0.2, 0.25) is 11.8 Å². The van der Waals surface area contributed by atoms with Gasteiger partial charge in [-0.2, -0.15) is 0 Å². The summed E-state index contributed by atoms with van der Waals surface area (Å²) in [5, 5.41) is 4.62. The second kappa shape index (κ2) is 12.1. The van der Waals surface area contributed by atoms with Crippen molar-refractivity contribution in [2.24, 2.45) is 11.7 Å². The highest BCUT2D eigenvalue weighted by molar-refractivity contribution is 8.00. The molecule has 210 valence electrons. The molecule has 2 aliphatic rings. The first-order chi connectivity index (χ1) is 18.7. The number of nitrogens with zero attached hydrogens (tertiary/aromatic N) is 3. The van der Waals surface area contributed by atoms with Gasteiger partial charge in [-0.25, -0.2) is 9.97 Å². The fourth-order valence-corrected chi connectivity index (χ4v) is 7.61. The average Bonchev–Trinajstić information content (AvgIpc) is 3.58. The lowest BCUT2D eigenvalue weighted by Gasteiger charge is -2.37. The van der Waals surface area contributed by atoms with E-state index >= 15 is 0 Å². The number of aromatic nitrogens is 2. The lowest BCUT2D eigenvalue weighted by atomic mass is 9.90. The van der Waals surface area contributed by atoms with Crippen LogP contribution in [-0.2, 0) is 28.8 Å². The maximum absolute atomic E-state index is 12.1. The van der Waals surface area contributed by atoms with Crippen molar-refractivity contribution in [1.29, 1.82) is 0 Å². The Bertz CT molecular complexity index is 1280. The largest absolute Gasteiger partial charge is 0.444 e. The molecule has 5 rings (SSSR count). The Hall–Kier alpha value is -2.20. The Balaban J connectivity index is 1.21. The van der Waals surface area contributed by atoms with Gasteiger partial charge in [0.05, 0.1) is 28.4 Å². The number of aryl methyl sites for hydroxylation is 1. The third kappa shape index (κ3) is 6.93. The average molecular weight is 568 g/mol. The smallest absolute Gasteiger partial charge is 0.220 e. The Morgan fingerprint density at radius 2 is 2.13 bits per heavy atom. The number of oxazole rings is 1. The second-order valence-electron chi connectivity index (χ2n) is 11.9. The molecule has 0 bridgehead atoms. The first kappa shape index (κ1) is 28.3. The van der Waals surface area contributed by atoms with Crippen LogP contribution in [0.25, 0.3) is 0 Å². The van der Waals surface area contributed by atoms with Crippen LogP contribution in [-0.4, -0.2) is 40.4 Å². The van der Waals surface area contributed by atoms with Crippen LogP contribution in [0.4, 0.5) is 0 Å². The van der Waals surface area contributed by atoms with Crippen LogP contribution in [0.2, 0.25) is 0 Å². The Morgan fingerprint density at radius 1 is 1.28 bits per heavy atom. The molecule has 1 saturated heterocycles. The summed E-state index contributed by atoms with van der Waals surface area (Å²) in [4.78, 5) is 23.9. The molecule has 3 unspecified atom stereocenters. The van der Waals surface area contributed by atoms with E-state index in [-0.39, 0.29) is 23.3 Å². The fraction of sp³-hybridized carbons (Fsp3) is 0.567. The minimum Gasteiger partial charge on any atom is -0.444 e. The van der Waals surface area contributed by atoms with E-state index in [1.165, 1.54) is 16.7 Å². The van der Waals surface area contributed by atoms with E-state index in [1.54, 1.807) is 23.1 Å². The lowest BCUT2D eigenvalue weighted by molar-refractivity contribution is -0.124. The molecule has 1 aromatic carbocycles. The molecule has 3 N–H and O–H groups in total. The van der Waals surface area contributed by atoms with Crippen molar-refractivity contribution in [3.63, 3.8) is 0 Å². The van der Waals surface area contributed by atoms with E-state index in [2.05, 4.69) is 61.1 Å². The van der Waals surface area contributed by atoms with E-state index in [4.69, 9.17) is 15.1 Å². The summed E-state index contributed by atoms with van der Waals surface area (Å²) >= 11 is 3.42. The van der Waals surface area contributed by atoms with Gasteiger partial charge in [0.1, 0.15) is 10.8 Å². The normalized spacial score (nSPS) is 22.1. The number of nitrogens with two attached hydrogens (primary N) is 1. The predicted molar refractivity (Wildman–Crippen MR) is 158 cm³/mol. The highest BCUT2D eigenvalue weighted by Crippen LogP contribution is 2.39. The molecule has 1 amide bonds. The number of nitrogens with one attached hydrogen (secondary N) is 1. The summed E-state index contributed by atoms with van der Waals surface area (Å²) in [6.07, 6.45) is 8.59. The first-order valence-electron chi connectivity index (χ1n) is 14.1. The van der Waals surface area contributed by atoms with Gasteiger partial charge in [-0.1, -0.05) is 39.0 Å². The van der Waals surface area contributed by atoms with Crippen molar-refractivity contribution in [3.8, 4) is 0 Å². The van der Waals surface area contributed by atoms with Crippen LogP contribution in [0, 0.1) is 5.92 Å². The van der Waals surface area contributed by atoms with Crippen molar-refractivity contribution in [1.82, 2.24) is 20.2 Å². The summed E-state index contributed by atoms with van der Waals surface area (Å²) in [6.45, 7) is 11.5. The van der Waals surface area contributed by atoms with Gasteiger partial charge >= 0.3 is 0 Å². The summed E-state index contributed by atoms with van der Waals surface area (Å²) in [5.74, 6) is 2.03. The molecule has 2 aliphatic heterocycles. The SMILES string of the molecule is CC1NCCc2cc(CCCN3CCC(C(N)=O)CC3c3ncc(SCc4ncc(C(C)(C)C)o4)s3)ccc21. The monoisotopic (exact) mass is 567 g/mol. The van der Waals surface area contributed by atoms with Crippen molar-refractivity contribution in [3.05, 3.63) is 63.9 Å². The number of hydrogen-bond donors (Lipinski definition) is 2. The van der Waals surface area contributed by atoms with Gasteiger partial charge in [0, 0.05) is 17.4 Å². The van der Waals surface area contributed by atoms with Gasteiger partial charge in [-0.15, -0.1) is 23.1 Å². The van der Waals surface area contributed by atoms with Crippen molar-refractivity contribution < 1.29 is 9.21 Å². The fourth-order valence-electron chi connectivity index (χ4n) is 5.62. The lowest BCUT2D eigenvalue weighted by Crippen LogP contribution is -2.41. The number of piperidine rings is 1. The number of thioether (sulfide) groups is 1. The molecule has 0 aliphatic carbocycles. The van der Waals surface area contributed by atoms with E-state index in [9.17, 15) is 4.79 Å². The highest BCUT2D eigenvalue weighted by Gasteiger charge is 2.33. The zero-order chi connectivity index (χ0) is 27.6. The number of benzene rings is 1. The first-order valence-corrected chi connectivity index (χ1v) is 15.9. The summed E-state index contributed by atoms with van der Waals surface area (Å²) in [7, 11) is 0. The number of carbonyl (C=O) groups excluding carboxylic acids is 1. The number of carbonyl (C=O) groups is 1. The van der Waals surface area contributed by atoms with Crippen LogP contribution < -0.4 is 11.1 Å². The number of hydrogen-bond acceptors (Lipinski definition) is 8. The molecule has 0 radical (unpaired) electrons. The van der Waals surface area contributed by atoms with Crippen LogP contribution in [0.5, 0.6) is 0 Å². The van der Waals surface area contributed by atoms with Crippen LogP contribution >= 0.6 is 23.1 Å². The molecule has 2 aromatic heterocycles. The molecule has 0 spiro atoms. The minimum absolute atomic E-state index is 0.0507. The molecule has 3 atom stereocenters. The summed E-state index contributed by atoms with van der Waals surface area (Å²) in [5.41, 5.74) is 10.0. The van der Waals surface area contributed by atoms with E-state index in [1.807, 2.05) is 12.4 Å². The molecule has 7 nitrogen and oxygen atoms in total. The van der Waals surface area contributed by atoms with Gasteiger partial charge in [0.25, 0.3) is 0 Å². The molecular formula is C30H41N5O2S2. The van der Waals surface area contributed by atoms with Crippen LogP contribution in [0.1, 0.15) is 92.4 Å². The second-order valence-corrected chi connectivity index (χ2v) is 14.3. The maximum atomic E-state index is 12.1. The highest BCUT2D eigenvalue weighted by atomic mass is 32.2. The number of thiazole rings is 1. The van der Waals surface area contributed by atoms with Crippen LogP contribution in [0.15, 0.2) is 39.2 Å². The Kier molecular flexibility index (Phi) is 8.81. The third-order valence-electron chi connectivity index (χ3n) is 7.96. The zero-order valence-corrected chi connectivity index (χ0v) is 25.2. The van der Waals surface area contributed by atoms with Crippen molar-refractivity contribution in [2.45, 2.75) is 87.3 Å². The summed E-state index contributed by atoms with van der Waals surface area (Å²) in [6, 6.07) is 7.57. The zero-order valence-electron chi connectivity index (χ0n) is 23.5. The quantitative estimate of drug-likeness (QED) is 0.316. The molecule has 1 fully saturated rings. The van der Waals surface area contributed by atoms with Gasteiger partial charge < -0.3 is 15.5 Å². The number of likely N-dealkylation sites (tertiary alicyclic amines) is 1. The van der Waals surface area contributed by atoms with E-state index in [0.717, 1.165) is 72.6 Å². The maximum Gasteiger partial charge on any atom is 0.220 e. The number of fused-ring (bicyclic) bond motifs is 1. The molecular weight excluding hydrogens is 526 g/mol. The van der Waals surface area contributed by atoms with Gasteiger partial charge in [-0.3, -0.25) is 9.69 Å². The van der Waals surface area contributed by atoms with E-state index in [0.29, 0.717) is 11.8 Å². The third-order valence-corrected chi connectivity index (χ3v) is 10.2. The van der Waals surface area contributed by atoms with Crippen molar-refractivity contribution >= 4 is 29.0 Å². The number of amides is 1. The van der Waals surface area contributed by atoms with Crippen molar-refractivity contribution in [2.75, 3.05) is 19.6 Å². The number of primary amides is 1. The van der Waals surface area contributed by atoms with Gasteiger partial charge in [0.15, 0.2) is 0 Å². The number of rotatable bonds is 9. The molecule has 3 aromatic rings. The Morgan fingerprint density at radius 3 is 2.90 bits per heavy atom. The topological polar surface area (TPSA) is 97.3 Å². The molecule has 4 heterocycles. The molecule has 9 heteroatoms. The van der Waals surface area contributed by atoms with Crippen LogP contribution in [0.3, 0.4) is 0 Å². The van der Waals surface area contributed by atoms with Gasteiger partial charge in [-0.05, 0) is 75.4 Å². The standard InChI is InChI=1S/C30H41N5O2S2/c1-19-23-8-7-20(14-21(23)9-11-32-19)6-5-12-35-13-10-22(28(31)36)15-24(35)29-34-17-27(39-29)38-18-26-33-16-25(37-26)30(2,3)4/h7-8,14,16-17,19,22,24,32H,5-6,9-13,15,18H2,1-4H3,(H2,31,36). The summed E-state index contributed by atoms with van der Waals surface area (Å²) < 4.78 is 7.09. The Labute approximate surface area is 240 Å². The van der Waals surface area contributed by atoms with E-state index < -0.39 is 0 Å². The predicted octanol–water partition coefficient (Wildman–Crippen LogP) is 5.80.